The highest BCUT2D eigenvalue weighted by Crippen LogP contribution is 2.26. The fourth-order valence-electron chi connectivity index (χ4n) is 3.19. The third kappa shape index (κ3) is 6.93. The van der Waals surface area contributed by atoms with Gasteiger partial charge in [-0.2, -0.15) is 0 Å². The normalized spacial score (nSPS) is 11.8. The molecule has 0 radical (unpaired) electrons. The molecule has 10 nitrogen and oxygen atoms in total. The number of non-ortho nitro benzene ring substituents is 1. The predicted molar refractivity (Wildman–Crippen MR) is 135 cm³/mol. The molecule has 0 aliphatic carbocycles. The van der Waals surface area contributed by atoms with Crippen molar-refractivity contribution in [1.82, 2.24) is 20.1 Å². The van der Waals surface area contributed by atoms with Gasteiger partial charge in [0.2, 0.25) is 5.91 Å². The van der Waals surface area contributed by atoms with E-state index in [1.165, 1.54) is 36.0 Å². The van der Waals surface area contributed by atoms with Crippen LogP contribution in [0.2, 0.25) is 10.0 Å². The van der Waals surface area contributed by atoms with Crippen LogP contribution in [0.5, 0.6) is 0 Å². The molecule has 0 saturated heterocycles. The van der Waals surface area contributed by atoms with Gasteiger partial charge in [0.25, 0.3) is 11.6 Å². The number of hydrogen-bond acceptors (Lipinski definition) is 7. The topological polar surface area (TPSA) is 132 Å². The first-order valence-electron chi connectivity index (χ1n) is 10.4. The van der Waals surface area contributed by atoms with Crippen LogP contribution in [0, 0.1) is 16.0 Å². The molecule has 2 N–H and O–H groups in total. The highest BCUT2D eigenvalue weighted by molar-refractivity contribution is 7.99. The van der Waals surface area contributed by atoms with Crippen molar-refractivity contribution in [1.29, 1.82) is 0 Å². The van der Waals surface area contributed by atoms with Gasteiger partial charge in [0, 0.05) is 40.5 Å². The van der Waals surface area contributed by atoms with E-state index in [4.69, 9.17) is 23.2 Å². The Kier molecular flexibility index (Phi) is 8.71. The fourth-order valence-corrected chi connectivity index (χ4v) is 4.43. The van der Waals surface area contributed by atoms with Crippen molar-refractivity contribution in [2.45, 2.75) is 25.0 Å². The summed E-state index contributed by atoms with van der Waals surface area (Å²) in [6.07, 6.45) is 0. The van der Waals surface area contributed by atoms with E-state index in [1.54, 1.807) is 29.8 Å². The minimum absolute atomic E-state index is 0.0580. The molecule has 1 heterocycles. The van der Waals surface area contributed by atoms with E-state index >= 15 is 0 Å². The Hall–Kier alpha value is -3.15. The van der Waals surface area contributed by atoms with Gasteiger partial charge in [-0.05, 0) is 30.2 Å². The third-order valence-corrected chi connectivity index (χ3v) is 6.35. The van der Waals surface area contributed by atoms with Crippen LogP contribution in [0.1, 0.15) is 36.1 Å². The van der Waals surface area contributed by atoms with Crippen LogP contribution in [-0.2, 0) is 11.8 Å². The summed E-state index contributed by atoms with van der Waals surface area (Å²) in [5.74, 6) is -0.262. The number of nitro groups is 1. The van der Waals surface area contributed by atoms with E-state index in [1.807, 2.05) is 13.8 Å². The lowest BCUT2D eigenvalue weighted by atomic mass is 10.0. The molecule has 3 aromatic rings. The Morgan fingerprint density at radius 3 is 2.46 bits per heavy atom. The molecule has 0 spiro atoms. The number of nitro benzene ring substituents is 1. The van der Waals surface area contributed by atoms with Crippen LogP contribution in [0.3, 0.4) is 0 Å². The van der Waals surface area contributed by atoms with Gasteiger partial charge in [-0.25, -0.2) is 0 Å². The molecule has 0 fully saturated rings. The molecule has 13 heteroatoms. The number of thioether (sulfide) groups is 1. The van der Waals surface area contributed by atoms with Gasteiger partial charge < -0.3 is 15.2 Å². The number of carbonyl (C=O) groups is 2. The minimum atomic E-state index is -0.556. The van der Waals surface area contributed by atoms with Crippen LogP contribution in [0.4, 0.5) is 11.4 Å². The number of aromatic nitrogens is 3. The smallest absolute Gasteiger partial charge is 0.270 e. The maximum absolute atomic E-state index is 12.8. The number of nitrogens with one attached hydrogen (secondary N) is 2. The number of amides is 2. The average Bonchev–Trinajstić information content (AvgIpc) is 3.14. The highest BCUT2D eigenvalue weighted by atomic mass is 35.5. The number of hydrogen-bond donors (Lipinski definition) is 2. The maximum atomic E-state index is 12.8. The zero-order chi connectivity index (χ0) is 25.7. The third-order valence-electron chi connectivity index (χ3n) is 4.90. The molecule has 1 aromatic heterocycles. The van der Waals surface area contributed by atoms with E-state index in [0.717, 1.165) is 0 Å². The standard InChI is InChI=1S/C22H22Cl2N6O4S/c1-12(2)19(26-21(32)13-5-4-6-17(7-13)30(33)34)20-27-28-22(29(20)3)35-11-18(31)25-16-9-14(23)8-15(24)10-16/h4-10,12,19H,11H2,1-3H3,(H,25,31)(H,26,32)/t19-/m1/s1. The van der Waals surface area contributed by atoms with Crippen LogP contribution in [0.25, 0.3) is 0 Å². The van der Waals surface area contributed by atoms with Crippen molar-refractivity contribution in [3.63, 3.8) is 0 Å². The number of nitrogens with zero attached hydrogens (tertiary/aromatic N) is 4. The van der Waals surface area contributed by atoms with Gasteiger partial charge in [-0.1, -0.05) is 54.9 Å². The Bertz CT molecular complexity index is 1250. The van der Waals surface area contributed by atoms with Gasteiger partial charge in [-0.15, -0.1) is 10.2 Å². The first-order valence-corrected chi connectivity index (χ1v) is 12.1. The van der Waals surface area contributed by atoms with Crippen LogP contribution in [-0.4, -0.2) is 37.3 Å². The van der Waals surface area contributed by atoms with Gasteiger partial charge in [-0.3, -0.25) is 19.7 Å². The second-order valence-corrected chi connectivity index (χ2v) is 9.71. The van der Waals surface area contributed by atoms with Crippen LogP contribution >= 0.6 is 35.0 Å². The summed E-state index contributed by atoms with van der Waals surface area (Å²) in [5, 5.41) is 26.3. The second-order valence-electron chi connectivity index (χ2n) is 7.90. The molecule has 0 bridgehead atoms. The molecule has 0 aliphatic heterocycles. The Balaban J connectivity index is 1.69. The Morgan fingerprint density at radius 2 is 1.83 bits per heavy atom. The van der Waals surface area contributed by atoms with E-state index in [-0.39, 0.29) is 28.8 Å². The van der Waals surface area contributed by atoms with Crippen LogP contribution < -0.4 is 10.6 Å². The molecule has 2 amide bonds. The predicted octanol–water partition coefficient (Wildman–Crippen LogP) is 4.89. The molecule has 2 aromatic carbocycles. The number of anilines is 1. The molecule has 0 aliphatic rings. The Labute approximate surface area is 215 Å². The second kappa shape index (κ2) is 11.5. The van der Waals surface area contributed by atoms with Crippen molar-refractivity contribution >= 4 is 58.2 Å². The first-order chi connectivity index (χ1) is 16.5. The molecule has 1 atom stereocenters. The number of carbonyl (C=O) groups excluding carboxylic acids is 2. The largest absolute Gasteiger partial charge is 0.342 e. The van der Waals surface area contributed by atoms with E-state index in [2.05, 4.69) is 20.8 Å². The fraction of sp³-hybridized carbons (Fsp3) is 0.273. The van der Waals surface area contributed by atoms with Crippen LogP contribution in [0.15, 0.2) is 47.6 Å². The molecular weight excluding hydrogens is 515 g/mol. The summed E-state index contributed by atoms with van der Waals surface area (Å²) >= 11 is 13.1. The lowest BCUT2D eigenvalue weighted by Crippen LogP contribution is -2.33. The van der Waals surface area contributed by atoms with Crippen molar-refractivity contribution < 1.29 is 14.5 Å². The van der Waals surface area contributed by atoms with Gasteiger partial charge in [0.1, 0.15) is 0 Å². The zero-order valence-corrected chi connectivity index (χ0v) is 21.3. The molecular formula is C22H22Cl2N6O4S. The summed E-state index contributed by atoms with van der Waals surface area (Å²) < 4.78 is 1.70. The summed E-state index contributed by atoms with van der Waals surface area (Å²) in [6, 6.07) is 9.73. The average molecular weight is 537 g/mol. The van der Waals surface area contributed by atoms with Gasteiger partial charge in [0.15, 0.2) is 11.0 Å². The van der Waals surface area contributed by atoms with Crippen molar-refractivity contribution in [3.05, 3.63) is 74.0 Å². The van der Waals surface area contributed by atoms with Gasteiger partial charge in [0.05, 0.1) is 16.7 Å². The van der Waals surface area contributed by atoms with Crippen molar-refractivity contribution in [3.8, 4) is 0 Å². The van der Waals surface area contributed by atoms with E-state index in [9.17, 15) is 19.7 Å². The minimum Gasteiger partial charge on any atom is -0.342 e. The lowest BCUT2D eigenvalue weighted by molar-refractivity contribution is -0.384. The summed E-state index contributed by atoms with van der Waals surface area (Å²) in [6.45, 7) is 3.81. The first kappa shape index (κ1) is 26.5. The SMILES string of the molecule is CC(C)[C@@H](NC(=O)c1cccc([N+](=O)[O-])c1)c1nnc(SCC(=O)Nc2cc(Cl)cc(Cl)c2)n1C. The summed E-state index contributed by atoms with van der Waals surface area (Å²) in [4.78, 5) is 35.6. The molecule has 0 saturated carbocycles. The number of benzene rings is 2. The zero-order valence-electron chi connectivity index (χ0n) is 19.0. The number of halogens is 2. The van der Waals surface area contributed by atoms with Crippen molar-refractivity contribution in [2.24, 2.45) is 13.0 Å². The number of rotatable bonds is 9. The van der Waals surface area contributed by atoms with Gasteiger partial charge >= 0.3 is 0 Å². The molecule has 0 unspecified atom stereocenters. The molecule has 184 valence electrons. The monoisotopic (exact) mass is 536 g/mol. The highest BCUT2D eigenvalue weighted by Gasteiger charge is 2.26. The van der Waals surface area contributed by atoms with E-state index in [0.29, 0.717) is 26.7 Å². The van der Waals surface area contributed by atoms with Crippen molar-refractivity contribution in [2.75, 3.05) is 11.1 Å². The molecule has 35 heavy (non-hydrogen) atoms. The summed E-state index contributed by atoms with van der Waals surface area (Å²) in [5.41, 5.74) is 0.476. The summed E-state index contributed by atoms with van der Waals surface area (Å²) in [7, 11) is 1.74. The Morgan fingerprint density at radius 1 is 1.14 bits per heavy atom. The lowest BCUT2D eigenvalue weighted by Gasteiger charge is -2.21. The quantitative estimate of drug-likeness (QED) is 0.226. The maximum Gasteiger partial charge on any atom is 0.270 e. The van der Waals surface area contributed by atoms with E-state index < -0.39 is 16.9 Å². The molecule has 3 rings (SSSR count).